The maximum atomic E-state index is 10.9. The summed E-state index contributed by atoms with van der Waals surface area (Å²) in [4.78, 5) is 29.5. The molecule has 11 heteroatoms. The van der Waals surface area contributed by atoms with Gasteiger partial charge in [0.25, 0.3) is 0 Å². The van der Waals surface area contributed by atoms with Gasteiger partial charge in [-0.15, -0.1) is 0 Å². The van der Waals surface area contributed by atoms with Gasteiger partial charge in [0.2, 0.25) is 17.8 Å². The van der Waals surface area contributed by atoms with Gasteiger partial charge < -0.3 is 37.3 Å². The Bertz CT molecular complexity index is 715. The van der Waals surface area contributed by atoms with Gasteiger partial charge in [0.1, 0.15) is 13.2 Å². The summed E-state index contributed by atoms with van der Waals surface area (Å²) in [5.74, 6) is 0.211. The highest BCUT2D eigenvalue weighted by Gasteiger charge is 2.08. The van der Waals surface area contributed by atoms with Crippen LogP contribution < -0.4 is 37.3 Å². The number of guanidine groups is 2. The molecule has 0 aliphatic carbocycles. The Morgan fingerprint density at radius 1 is 0.963 bits per heavy atom. The Labute approximate surface area is 157 Å². The van der Waals surface area contributed by atoms with Crippen LogP contribution in [0.25, 0.3) is 0 Å². The molecule has 0 saturated heterocycles. The number of carbonyl (C=O) groups is 2. The minimum absolute atomic E-state index is 0.112. The number of hydrogen-bond donors (Lipinski definition) is 5. The average molecular weight is 379 g/mol. The van der Waals surface area contributed by atoms with Crippen molar-refractivity contribution >= 4 is 29.4 Å². The molecule has 0 radical (unpaired) electrons. The molecule has 1 rings (SSSR count). The summed E-state index contributed by atoms with van der Waals surface area (Å²) in [5.41, 5.74) is 16.6. The monoisotopic (exact) mass is 379 g/mol. The van der Waals surface area contributed by atoms with Crippen LogP contribution in [0.15, 0.2) is 28.2 Å². The molecule has 0 bridgehead atoms. The first kappa shape index (κ1) is 21.5. The second-order valence-electron chi connectivity index (χ2n) is 5.30. The molecule has 0 fully saturated rings. The van der Waals surface area contributed by atoms with E-state index in [1.807, 2.05) is 0 Å². The number of nitrogens with zero attached hydrogens (tertiary/aromatic N) is 2. The van der Waals surface area contributed by atoms with Gasteiger partial charge in [-0.25, -0.2) is 4.99 Å². The second kappa shape index (κ2) is 11.2. The molecule has 1 aromatic rings. The van der Waals surface area contributed by atoms with Gasteiger partial charge in [0.15, 0.2) is 17.5 Å². The largest absolute Gasteiger partial charge is 0.488 e. The van der Waals surface area contributed by atoms with Gasteiger partial charge in [0, 0.05) is 19.9 Å². The fraction of sp³-hybridized carbons (Fsp3) is 0.375. The lowest BCUT2D eigenvalue weighted by Crippen LogP contribution is -2.26. The summed E-state index contributed by atoms with van der Waals surface area (Å²) >= 11 is 0. The maximum absolute atomic E-state index is 10.9. The van der Waals surface area contributed by atoms with Crippen molar-refractivity contribution in [3.05, 3.63) is 18.2 Å². The van der Waals surface area contributed by atoms with E-state index in [1.165, 1.54) is 13.8 Å². The summed E-state index contributed by atoms with van der Waals surface area (Å²) in [5, 5.41) is 5.25. The van der Waals surface area contributed by atoms with Gasteiger partial charge in [-0.1, -0.05) is 0 Å². The molecule has 0 aliphatic heterocycles. The highest BCUT2D eigenvalue weighted by atomic mass is 16.5. The zero-order valence-corrected chi connectivity index (χ0v) is 15.3. The zero-order valence-electron chi connectivity index (χ0n) is 15.3. The van der Waals surface area contributed by atoms with Crippen LogP contribution in [-0.2, 0) is 9.59 Å². The van der Waals surface area contributed by atoms with Crippen LogP contribution in [0.2, 0.25) is 0 Å². The first-order chi connectivity index (χ1) is 12.8. The Kier molecular flexibility index (Phi) is 8.92. The van der Waals surface area contributed by atoms with E-state index < -0.39 is 0 Å². The highest BCUT2D eigenvalue weighted by molar-refractivity contribution is 5.93. The Morgan fingerprint density at radius 2 is 1.52 bits per heavy atom. The van der Waals surface area contributed by atoms with Crippen LogP contribution >= 0.6 is 0 Å². The molecule has 148 valence electrons. The summed E-state index contributed by atoms with van der Waals surface area (Å²) in [6, 6.07) is 4.88. The van der Waals surface area contributed by atoms with Crippen molar-refractivity contribution in [2.45, 2.75) is 13.8 Å². The average Bonchev–Trinajstić information content (AvgIpc) is 2.55. The van der Waals surface area contributed by atoms with Gasteiger partial charge in [-0.2, -0.15) is 4.99 Å². The molecule has 8 N–H and O–H groups in total. The summed E-state index contributed by atoms with van der Waals surface area (Å²) < 4.78 is 11.3. The van der Waals surface area contributed by atoms with Crippen LogP contribution in [0.1, 0.15) is 13.8 Å². The van der Waals surface area contributed by atoms with Crippen LogP contribution in [0.5, 0.6) is 11.5 Å². The SMILES string of the molecule is CC(=O)NCCOc1ccc(N=C(N)N=C(N)N)cc1OCCNC(C)=O. The number of nitrogens with two attached hydrogens (primary N) is 3. The van der Waals surface area contributed by atoms with E-state index in [9.17, 15) is 9.59 Å². The molecule has 0 aromatic heterocycles. The fourth-order valence-electron chi connectivity index (χ4n) is 1.86. The molecule has 0 atom stereocenters. The van der Waals surface area contributed by atoms with Crippen LogP contribution in [0.4, 0.5) is 5.69 Å². The number of hydrogen-bond acceptors (Lipinski definition) is 5. The number of carbonyl (C=O) groups excluding carboxylic acids is 2. The highest BCUT2D eigenvalue weighted by Crippen LogP contribution is 2.31. The Balaban J connectivity index is 2.87. The van der Waals surface area contributed by atoms with E-state index in [-0.39, 0.29) is 36.9 Å². The van der Waals surface area contributed by atoms with Crippen molar-refractivity contribution in [2.75, 3.05) is 26.3 Å². The van der Waals surface area contributed by atoms with Crippen molar-refractivity contribution in [2.24, 2.45) is 27.2 Å². The van der Waals surface area contributed by atoms with Gasteiger partial charge in [-0.3, -0.25) is 9.59 Å². The standard InChI is InChI=1S/C16H25N7O4/c1-10(24)20-5-7-26-13-4-3-12(22-16(19)23-15(17)18)9-14(13)27-8-6-21-11(2)25/h3-4,9H,5-8H2,1-2H3,(H,20,24)(H,21,25)(H6,17,18,19,22,23). The summed E-state index contributed by atoms with van der Waals surface area (Å²) in [6.45, 7) is 3.98. The van der Waals surface area contributed by atoms with Crippen molar-refractivity contribution in [3.8, 4) is 11.5 Å². The van der Waals surface area contributed by atoms with Crippen molar-refractivity contribution in [3.63, 3.8) is 0 Å². The molecule has 0 heterocycles. The summed E-state index contributed by atoms with van der Waals surface area (Å²) in [7, 11) is 0. The minimum atomic E-state index is -0.207. The van der Waals surface area contributed by atoms with Crippen LogP contribution in [0, 0.1) is 0 Å². The van der Waals surface area contributed by atoms with Crippen molar-refractivity contribution in [1.29, 1.82) is 0 Å². The van der Waals surface area contributed by atoms with Gasteiger partial charge in [0.05, 0.1) is 18.8 Å². The van der Waals surface area contributed by atoms with E-state index in [1.54, 1.807) is 18.2 Å². The molecule has 0 saturated carbocycles. The summed E-state index contributed by atoms with van der Waals surface area (Å²) in [6.07, 6.45) is 0. The van der Waals surface area contributed by atoms with E-state index >= 15 is 0 Å². The lowest BCUT2D eigenvalue weighted by Gasteiger charge is -2.14. The van der Waals surface area contributed by atoms with E-state index in [4.69, 9.17) is 26.7 Å². The number of benzene rings is 1. The lowest BCUT2D eigenvalue weighted by molar-refractivity contribution is -0.119. The molecule has 0 unspecified atom stereocenters. The quantitative estimate of drug-likeness (QED) is 0.206. The van der Waals surface area contributed by atoms with Gasteiger partial charge >= 0.3 is 0 Å². The van der Waals surface area contributed by atoms with Gasteiger partial charge in [-0.05, 0) is 12.1 Å². The van der Waals surface area contributed by atoms with Crippen molar-refractivity contribution in [1.82, 2.24) is 10.6 Å². The number of amides is 2. The Hall–Kier alpha value is -3.50. The molecule has 2 amide bonds. The smallest absolute Gasteiger partial charge is 0.223 e. The van der Waals surface area contributed by atoms with E-state index in [0.29, 0.717) is 30.3 Å². The minimum Gasteiger partial charge on any atom is -0.488 e. The topological polar surface area (TPSA) is 179 Å². The number of rotatable bonds is 9. The predicted octanol–water partition coefficient (Wildman–Crippen LogP) is -1.06. The lowest BCUT2D eigenvalue weighted by atomic mass is 10.3. The first-order valence-corrected chi connectivity index (χ1v) is 8.10. The molecule has 27 heavy (non-hydrogen) atoms. The molecule has 0 aliphatic rings. The third-order valence-corrected chi connectivity index (χ3v) is 2.88. The third-order valence-electron chi connectivity index (χ3n) is 2.88. The van der Waals surface area contributed by atoms with E-state index in [2.05, 4.69) is 20.6 Å². The third kappa shape index (κ3) is 9.53. The molecule has 1 aromatic carbocycles. The van der Waals surface area contributed by atoms with Crippen LogP contribution in [0.3, 0.4) is 0 Å². The fourth-order valence-corrected chi connectivity index (χ4v) is 1.86. The molecular formula is C16H25N7O4. The zero-order chi connectivity index (χ0) is 20.2. The first-order valence-electron chi connectivity index (χ1n) is 8.10. The second-order valence-corrected chi connectivity index (χ2v) is 5.30. The van der Waals surface area contributed by atoms with Crippen molar-refractivity contribution < 1.29 is 19.1 Å². The number of aliphatic imine (C=N–C) groups is 2. The van der Waals surface area contributed by atoms with E-state index in [0.717, 1.165) is 0 Å². The van der Waals surface area contributed by atoms with Crippen LogP contribution in [-0.4, -0.2) is 50.0 Å². The molecule has 11 nitrogen and oxygen atoms in total. The predicted molar refractivity (Wildman–Crippen MR) is 102 cm³/mol. The number of ether oxygens (including phenoxy) is 2. The molecular weight excluding hydrogens is 354 g/mol. The molecule has 0 spiro atoms. The maximum Gasteiger partial charge on any atom is 0.223 e. The normalized spacial score (nSPS) is 10.7. The Morgan fingerprint density at radius 3 is 2.04 bits per heavy atom. The number of nitrogens with one attached hydrogen (secondary N) is 2.